The zero-order valence-corrected chi connectivity index (χ0v) is 16.7. The lowest BCUT2D eigenvalue weighted by atomic mass is 9.84. The maximum atomic E-state index is 12.2. The number of thioether (sulfide) groups is 1. The van der Waals surface area contributed by atoms with Crippen LogP contribution in [0.25, 0.3) is 0 Å². The number of amides is 1. The molecule has 1 fully saturated rings. The summed E-state index contributed by atoms with van der Waals surface area (Å²) in [4.78, 5) is 12.2. The van der Waals surface area contributed by atoms with Crippen molar-refractivity contribution in [2.75, 3.05) is 31.2 Å². The number of rotatable bonds is 8. The summed E-state index contributed by atoms with van der Waals surface area (Å²) < 4.78 is 5.74. The summed E-state index contributed by atoms with van der Waals surface area (Å²) >= 11 is 1.92. The third kappa shape index (κ3) is 6.90. The molecule has 5 heteroatoms. The number of ether oxygens (including phenoxy) is 1. The third-order valence-corrected chi connectivity index (χ3v) is 5.51. The van der Waals surface area contributed by atoms with Crippen molar-refractivity contribution in [3.8, 4) is 5.75 Å². The van der Waals surface area contributed by atoms with Crippen LogP contribution in [0.15, 0.2) is 24.3 Å². The fourth-order valence-corrected chi connectivity index (χ4v) is 3.68. The second-order valence-corrected chi connectivity index (χ2v) is 8.97. The molecule has 1 aromatic carbocycles. The van der Waals surface area contributed by atoms with Gasteiger partial charge in [0.1, 0.15) is 5.75 Å². The van der Waals surface area contributed by atoms with Gasteiger partial charge in [-0.15, -0.1) is 0 Å². The van der Waals surface area contributed by atoms with E-state index in [0.717, 1.165) is 30.4 Å². The molecule has 0 bridgehead atoms. The van der Waals surface area contributed by atoms with Gasteiger partial charge in [0.05, 0.1) is 6.61 Å². The average molecular weight is 365 g/mol. The molecule has 1 aliphatic rings. The quantitative estimate of drug-likeness (QED) is 0.744. The Balaban J connectivity index is 1.82. The molecule has 1 heterocycles. The predicted molar refractivity (Wildman–Crippen MR) is 107 cm³/mol. The lowest BCUT2D eigenvalue weighted by Gasteiger charge is -2.27. The van der Waals surface area contributed by atoms with E-state index in [1.807, 2.05) is 23.9 Å². The Kier molecular flexibility index (Phi) is 7.63. The van der Waals surface area contributed by atoms with Crippen molar-refractivity contribution in [1.82, 2.24) is 10.6 Å². The summed E-state index contributed by atoms with van der Waals surface area (Å²) in [5.74, 6) is 3.71. The van der Waals surface area contributed by atoms with E-state index < -0.39 is 0 Å². The van der Waals surface area contributed by atoms with Crippen molar-refractivity contribution in [3.05, 3.63) is 29.8 Å². The fraction of sp³-hybridized carbons (Fsp3) is 0.650. The summed E-state index contributed by atoms with van der Waals surface area (Å²) in [6.45, 7) is 11.0. The Bertz CT molecular complexity index is 537. The average Bonchev–Trinajstić information content (AvgIpc) is 2.59. The van der Waals surface area contributed by atoms with E-state index in [2.05, 4.69) is 50.5 Å². The van der Waals surface area contributed by atoms with Gasteiger partial charge in [-0.2, -0.15) is 11.8 Å². The topological polar surface area (TPSA) is 50.4 Å². The molecule has 0 spiro atoms. The van der Waals surface area contributed by atoms with Crippen LogP contribution in [0.5, 0.6) is 5.75 Å². The Labute approximate surface area is 156 Å². The molecule has 2 rings (SSSR count). The van der Waals surface area contributed by atoms with Gasteiger partial charge in [-0.1, -0.05) is 39.8 Å². The van der Waals surface area contributed by atoms with Crippen LogP contribution in [-0.4, -0.2) is 43.2 Å². The number of hydrogen-bond donors (Lipinski definition) is 2. The van der Waals surface area contributed by atoms with Crippen LogP contribution in [0.1, 0.15) is 39.7 Å². The van der Waals surface area contributed by atoms with Gasteiger partial charge in [0.25, 0.3) is 0 Å². The molecule has 1 saturated heterocycles. The van der Waals surface area contributed by atoms with Gasteiger partial charge < -0.3 is 15.4 Å². The van der Waals surface area contributed by atoms with E-state index in [4.69, 9.17) is 4.74 Å². The molecule has 25 heavy (non-hydrogen) atoms. The molecule has 1 aliphatic heterocycles. The van der Waals surface area contributed by atoms with Crippen molar-refractivity contribution >= 4 is 17.7 Å². The first-order valence-corrected chi connectivity index (χ1v) is 10.3. The first-order valence-electron chi connectivity index (χ1n) is 9.18. The van der Waals surface area contributed by atoms with Crippen molar-refractivity contribution in [3.63, 3.8) is 0 Å². The molecule has 1 unspecified atom stereocenters. The van der Waals surface area contributed by atoms with Crippen molar-refractivity contribution in [2.24, 2.45) is 5.92 Å². The Morgan fingerprint density at radius 2 is 2.08 bits per heavy atom. The zero-order chi connectivity index (χ0) is 18.3. The van der Waals surface area contributed by atoms with Crippen molar-refractivity contribution in [1.29, 1.82) is 0 Å². The van der Waals surface area contributed by atoms with Crippen molar-refractivity contribution < 1.29 is 9.53 Å². The molecule has 140 valence electrons. The molecule has 2 N–H and O–H groups in total. The van der Waals surface area contributed by atoms with Crippen molar-refractivity contribution in [2.45, 2.75) is 45.6 Å². The minimum Gasteiger partial charge on any atom is -0.493 e. The molecular weight excluding hydrogens is 332 g/mol. The van der Waals surface area contributed by atoms with Crippen LogP contribution < -0.4 is 15.4 Å². The molecule has 0 radical (unpaired) electrons. The van der Waals surface area contributed by atoms with E-state index in [-0.39, 0.29) is 11.3 Å². The molecule has 0 aromatic heterocycles. The van der Waals surface area contributed by atoms with Gasteiger partial charge in [-0.25, -0.2) is 0 Å². The smallest absolute Gasteiger partial charge is 0.221 e. The molecular formula is C20H32N2O2S. The molecule has 1 amide bonds. The number of carbonyl (C=O) groups is 1. The lowest BCUT2D eigenvalue weighted by molar-refractivity contribution is -0.121. The van der Waals surface area contributed by atoms with Gasteiger partial charge >= 0.3 is 0 Å². The van der Waals surface area contributed by atoms with Crippen LogP contribution in [0.4, 0.5) is 0 Å². The maximum absolute atomic E-state index is 12.2. The standard InChI is InChI=1S/C20H32N2O2S/c1-15(2)12-24-18-7-5-16(6-8-18)20(3,4)14-22-19(23)11-17-13-25-10-9-21-17/h5-8,15,17,21H,9-14H2,1-4H3,(H,22,23). The van der Waals surface area contributed by atoms with Crippen LogP contribution in [0, 0.1) is 5.92 Å². The third-order valence-electron chi connectivity index (χ3n) is 4.38. The molecule has 1 aromatic rings. The first kappa shape index (κ1) is 20.1. The van der Waals surface area contributed by atoms with Gasteiger partial charge in [-0.3, -0.25) is 4.79 Å². The normalized spacial score (nSPS) is 18.2. The van der Waals surface area contributed by atoms with Crippen LogP contribution in [-0.2, 0) is 10.2 Å². The largest absolute Gasteiger partial charge is 0.493 e. The van der Waals surface area contributed by atoms with E-state index >= 15 is 0 Å². The minimum absolute atomic E-state index is 0.110. The Hall–Kier alpha value is -1.20. The highest BCUT2D eigenvalue weighted by Crippen LogP contribution is 2.25. The summed E-state index contributed by atoms with van der Waals surface area (Å²) in [7, 11) is 0. The summed E-state index contributed by atoms with van der Waals surface area (Å²) in [5, 5.41) is 6.51. The van der Waals surface area contributed by atoms with E-state index in [1.165, 1.54) is 5.56 Å². The number of hydrogen-bond acceptors (Lipinski definition) is 4. The first-order chi connectivity index (χ1) is 11.9. The fourth-order valence-electron chi connectivity index (χ4n) is 2.73. The number of benzene rings is 1. The van der Waals surface area contributed by atoms with Gasteiger partial charge in [0.2, 0.25) is 5.91 Å². The summed E-state index contributed by atoms with van der Waals surface area (Å²) in [6, 6.07) is 8.54. The van der Waals surface area contributed by atoms with Gasteiger partial charge in [0.15, 0.2) is 0 Å². The molecule has 0 aliphatic carbocycles. The second kappa shape index (κ2) is 9.48. The Morgan fingerprint density at radius 1 is 1.36 bits per heavy atom. The van der Waals surface area contributed by atoms with E-state index in [1.54, 1.807) is 0 Å². The van der Waals surface area contributed by atoms with Gasteiger partial charge in [-0.05, 0) is 23.6 Å². The van der Waals surface area contributed by atoms with Crippen LogP contribution >= 0.6 is 11.8 Å². The van der Waals surface area contributed by atoms with Crippen LogP contribution in [0.2, 0.25) is 0 Å². The minimum atomic E-state index is -0.110. The second-order valence-electron chi connectivity index (χ2n) is 7.82. The molecule has 0 saturated carbocycles. The van der Waals surface area contributed by atoms with E-state index in [9.17, 15) is 4.79 Å². The predicted octanol–water partition coefficient (Wildman–Crippen LogP) is 3.21. The highest BCUT2D eigenvalue weighted by atomic mass is 32.2. The number of carbonyl (C=O) groups excluding carboxylic acids is 1. The molecule has 4 nitrogen and oxygen atoms in total. The summed E-state index contributed by atoms with van der Waals surface area (Å²) in [6.07, 6.45) is 0.561. The highest BCUT2D eigenvalue weighted by Gasteiger charge is 2.23. The summed E-state index contributed by atoms with van der Waals surface area (Å²) in [5.41, 5.74) is 1.09. The molecule has 1 atom stereocenters. The van der Waals surface area contributed by atoms with Crippen LogP contribution in [0.3, 0.4) is 0 Å². The Morgan fingerprint density at radius 3 is 2.68 bits per heavy atom. The highest BCUT2D eigenvalue weighted by molar-refractivity contribution is 7.99. The van der Waals surface area contributed by atoms with Gasteiger partial charge in [0, 0.05) is 42.5 Å². The monoisotopic (exact) mass is 364 g/mol. The lowest BCUT2D eigenvalue weighted by Crippen LogP contribution is -2.43. The SMILES string of the molecule is CC(C)COc1ccc(C(C)(C)CNC(=O)CC2CSCCN2)cc1. The zero-order valence-electron chi connectivity index (χ0n) is 15.9. The maximum Gasteiger partial charge on any atom is 0.221 e. The number of nitrogens with one attached hydrogen (secondary N) is 2. The van der Waals surface area contributed by atoms with E-state index in [0.29, 0.717) is 24.9 Å².